The minimum absolute atomic E-state index is 0.507. The van der Waals surface area contributed by atoms with Crippen molar-refractivity contribution >= 4 is 6.21 Å². The molecule has 7 heavy (non-hydrogen) atoms. The molecule has 0 heterocycles. The van der Waals surface area contributed by atoms with Gasteiger partial charge in [-0.1, -0.05) is 0 Å². The Morgan fingerprint density at radius 2 is 2.43 bits per heavy atom. The summed E-state index contributed by atoms with van der Waals surface area (Å²) >= 11 is 0. The van der Waals surface area contributed by atoms with Crippen LogP contribution in [0.25, 0.3) is 0 Å². The third-order valence-electron chi connectivity index (χ3n) is 0.553. The summed E-state index contributed by atoms with van der Waals surface area (Å²) in [5.41, 5.74) is 0. The lowest BCUT2D eigenvalue weighted by Crippen LogP contribution is -1.87. The van der Waals surface area contributed by atoms with Crippen molar-refractivity contribution < 1.29 is 4.74 Å². The van der Waals surface area contributed by atoms with Crippen LogP contribution < -0.4 is 0 Å². The molecule has 0 radical (unpaired) electrons. The SMILES string of the molecule is C/C=N\COCC. The van der Waals surface area contributed by atoms with Gasteiger partial charge in [-0.05, 0) is 20.1 Å². The zero-order chi connectivity index (χ0) is 5.54. The van der Waals surface area contributed by atoms with Gasteiger partial charge in [-0.2, -0.15) is 0 Å². The molecule has 0 aromatic carbocycles. The highest BCUT2D eigenvalue weighted by Gasteiger charge is 1.70. The minimum Gasteiger partial charge on any atom is -0.360 e. The highest BCUT2D eigenvalue weighted by atomic mass is 16.5. The largest absolute Gasteiger partial charge is 0.360 e. The molecule has 0 aromatic rings. The van der Waals surface area contributed by atoms with Crippen molar-refractivity contribution in [1.29, 1.82) is 0 Å². The van der Waals surface area contributed by atoms with Gasteiger partial charge in [0.05, 0.1) is 0 Å². The van der Waals surface area contributed by atoms with Crippen molar-refractivity contribution in [2.45, 2.75) is 13.8 Å². The smallest absolute Gasteiger partial charge is 0.136 e. The highest BCUT2D eigenvalue weighted by Crippen LogP contribution is 1.70. The normalized spacial score (nSPS) is 10.6. The van der Waals surface area contributed by atoms with Gasteiger partial charge in [-0.25, -0.2) is 0 Å². The number of rotatable bonds is 3. The molecule has 0 atom stereocenters. The Balaban J connectivity index is 2.69. The summed E-state index contributed by atoms with van der Waals surface area (Å²) in [7, 11) is 0. The number of nitrogens with zero attached hydrogens (tertiary/aromatic N) is 1. The van der Waals surface area contributed by atoms with Gasteiger partial charge in [-0.15, -0.1) is 0 Å². The van der Waals surface area contributed by atoms with Crippen LogP contribution in [-0.4, -0.2) is 19.6 Å². The lowest BCUT2D eigenvalue weighted by Gasteiger charge is -1.89. The van der Waals surface area contributed by atoms with Gasteiger partial charge in [0, 0.05) is 6.61 Å². The molecule has 42 valence electrons. The maximum Gasteiger partial charge on any atom is 0.136 e. The van der Waals surface area contributed by atoms with Crippen molar-refractivity contribution in [2.75, 3.05) is 13.3 Å². The third-order valence-corrected chi connectivity index (χ3v) is 0.553. The molecule has 2 nitrogen and oxygen atoms in total. The molecule has 0 amide bonds. The Labute approximate surface area is 44.2 Å². The molecule has 0 unspecified atom stereocenters. The van der Waals surface area contributed by atoms with E-state index in [1.54, 1.807) is 6.21 Å². The molecular formula is C5H11NO. The zero-order valence-electron chi connectivity index (χ0n) is 4.85. The van der Waals surface area contributed by atoms with Crippen LogP contribution in [0.1, 0.15) is 13.8 Å². The van der Waals surface area contributed by atoms with Gasteiger partial charge in [-0.3, -0.25) is 4.99 Å². The molecule has 0 spiro atoms. The standard InChI is InChI=1S/C5H11NO/c1-3-6-5-7-4-2/h3H,4-5H2,1-2H3/b6-3-. The van der Waals surface area contributed by atoms with Gasteiger partial charge < -0.3 is 4.74 Å². The first-order valence-electron chi connectivity index (χ1n) is 2.44. The summed E-state index contributed by atoms with van der Waals surface area (Å²) in [5.74, 6) is 0. The van der Waals surface area contributed by atoms with Gasteiger partial charge in [0.15, 0.2) is 0 Å². The molecule has 0 saturated heterocycles. The van der Waals surface area contributed by atoms with Gasteiger partial charge in [0.25, 0.3) is 0 Å². The van der Waals surface area contributed by atoms with Gasteiger partial charge >= 0.3 is 0 Å². The van der Waals surface area contributed by atoms with Gasteiger partial charge in [0.1, 0.15) is 6.73 Å². The van der Waals surface area contributed by atoms with Crippen molar-refractivity contribution in [3.63, 3.8) is 0 Å². The Bertz CT molecular complexity index is 52.0. The molecule has 0 aliphatic carbocycles. The fourth-order valence-electron chi connectivity index (χ4n) is 0.219. The number of aliphatic imine (C=N–C) groups is 1. The summed E-state index contributed by atoms with van der Waals surface area (Å²) in [6, 6.07) is 0. The van der Waals surface area contributed by atoms with E-state index in [1.807, 2.05) is 13.8 Å². The van der Waals surface area contributed by atoms with Crippen LogP contribution in [0, 0.1) is 0 Å². The summed E-state index contributed by atoms with van der Waals surface area (Å²) in [5, 5.41) is 0. The number of hydrogen-bond acceptors (Lipinski definition) is 2. The van der Waals surface area contributed by atoms with E-state index >= 15 is 0 Å². The van der Waals surface area contributed by atoms with Crippen LogP contribution in [0.3, 0.4) is 0 Å². The maximum absolute atomic E-state index is 4.88. The molecule has 0 aliphatic heterocycles. The molecular weight excluding hydrogens is 90.1 g/mol. The van der Waals surface area contributed by atoms with Crippen molar-refractivity contribution in [3.05, 3.63) is 0 Å². The first-order chi connectivity index (χ1) is 3.41. The summed E-state index contributed by atoms with van der Waals surface area (Å²) in [6.07, 6.45) is 1.73. The first kappa shape index (κ1) is 6.63. The van der Waals surface area contributed by atoms with E-state index in [4.69, 9.17) is 4.74 Å². The van der Waals surface area contributed by atoms with E-state index < -0.39 is 0 Å². The van der Waals surface area contributed by atoms with E-state index in [1.165, 1.54) is 0 Å². The second-order valence-corrected chi connectivity index (χ2v) is 1.06. The number of ether oxygens (including phenoxy) is 1. The Morgan fingerprint density at radius 1 is 1.71 bits per heavy atom. The number of hydrogen-bond donors (Lipinski definition) is 0. The molecule has 0 aromatic heterocycles. The van der Waals surface area contributed by atoms with E-state index in [9.17, 15) is 0 Å². The molecule has 2 heteroatoms. The van der Waals surface area contributed by atoms with Crippen LogP contribution in [0.5, 0.6) is 0 Å². The lowest BCUT2D eigenvalue weighted by molar-refractivity contribution is 0.156. The average molecular weight is 101 g/mol. The lowest BCUT2D eigenvalue weighted by atomic mass is 10.8. The second kappa shape index (κ2) is 5.63. The van der Waals surface area contributed by atoms with Crippen molar-refractivity contribution in [3.8, 4) is 0 Å². The van der Waals surface area contributed by atoms with Gasteiger partial charge in [0.2, 0.25) is 0 Å². The van der Waals surface area contributed by atoms with Crippen LogP contribution >= 0.6 is 0 Å². The second-order valence-electron chi connectivity index (χ2n) is 1.06. The molecule has 0 rings (SSSR count). The Kier molecular flexibility index (Phi) is 5.33. The van der Waals surface area contributed by atoms with E-state index in [-0.39, 0.29) is 0 Å². The molecule has 0 aliphatic rings. The first-order valence-corrected chi connectivity index (χ1v) is 2.44. The quantitative estimate of drug-likeness (QED) is 0.385. The van der Waals surface area contributed by atoms with E-state index in [2.05, 4.69) is 4.99 Å². The Morgan fingerprint density at radius 3 is 2.86 bits per heavy atom. The topological polar surface area (TPSA) is 21.6 Å². The van der Waals surface area contributed by atoms with Crippen molar-refractivity contribution in [1.82, 2.24) is 0 Å². The fourth-order valence-corrected chi connectivity index (χ4v) is 0.219. The summed E-state index contributed by atoms with van der Waals surface area (Å²) in [6.45, 7) is 5.08. The van der Waals surface area contributed by atoms with Crippen LogP contribution in [0.4, 0.5) is 0 Å². The Hall–Kier alpha value is -0.370. The van der Waals surface area contributed by atoms with E-state index in [0.717, 1.165) is 6.61 Å². The van der Waals surface area contributed by atoms with E-state index in [0.29, 0.717) is 6.73 Å². The molecule has 0 saturated carbocycles. The van der Waals surface area contributed by atoms with Crippen LogP contribution in [0.2, 0.25) is 0 Å². The predicted octanol–water partition coefficient (Wildman–Crippen LogP) is 1.07. The summed E-state index contributed by atoms with van der Waals surface area (Å²) < 4.78 is 4.88. The third kappa shape index (κ3) is 5.63. The molecule has 0 N–H and O–H groups in total. The summed E-state index contributed by atoms with van der Waals surface area (Å²) in [4.78, 5) is 3.81. The van der Waals surface area contributed by atoms with Crippen molar-refractivity contribution in [2.24, 2.45) is 4.99 Å². The maximum atomic E-state index is 4.88. The average Bonchev–Trinajstić information content (AvgIpc) is 1.69. The zero-order valence-corrected chi connectivity index (χ0v) is 4.85. The van der Waals surface area contributed by atoms with Crippen LogP contribution in [-0.2, 0) is 4.74 Å². The fraction of sp³-hybridized carbons (Fsp3) is 0.800. The van der Waals surface area contributed by atoms with Crippen LogP contribution in [0.15, 0.2) is 4.99 Å². The highest BCUT2D eigenvalue weighted by molar-refractivity contribution is 5.52. The monoisotopic (exact) mass is 101 g/mol. The molecule has 0 bridgehead atoms. The minimum atomic E-state index is 0.507. The molecule has 0 fully saturated rings. The predicted molar refractivity (Wildman–Crippen MR) is 30.7 cm³/mol.